The summed E-state index contributed by atoms with van der Waals surface area (Å²) < 4.78 is 13.6. The molecule has 7 unspecified atom stereocenters. The third-order valence-corrected chi connectivity index (χ3v) is 12.6. The van der Waals surface area contributed by atoms with Crippen LogP contribution in [0.2, 0.25) is 0 Å². The van der Waals surface area contributed by atoms with Crippen LogP contribution in [0.4, 0.5) is 0 Å². The molecule has 248 valence electrons. The van der Waals surface area contributed by atoms with Gasteiger partial charge in [-0.15, -0.1) is 11.8 Å². The summed E-state index contributed by atoms with van der Waals surface area (Å²) in [4.78, 5) is 1.37. The fraction of sp³-hybridized carbons (Fsp3) is 0.156. The van der Waals surface area contributed by atoms with Gasteiger partial charge in [0.2, 0.25) is 0 Å². The monoisotopic (exact) mass is 681 g/mol. The van der Waals surface area contributed by atoms with E-state index >= 15 is 0 Å². The van der Waals surface area contributed by atoms with Crippen LogP contribution in [0, 0.1) is 0 Å². The number of allylic oxidation sites excluding steroid dienone is 5. The molecule has 5 aliphatic rings. The third kappa shape index (κ3) is 4.68. The van der Waals surface area contributed by atoms with Gasteiger partial charge >= 0.3 is 0 Å². The van der Waals surface area contributed by atoms with Crippen molar-refractivity contribution in [2.45, 2.75) is 46.6 Å². The lowest BCUT2D eigenvalue weighted by atomic mass is 9.84. The maximum absolute atomic E-state index is 7.03. The molecule has 0 radical (unpaired) electrons. The summed E-state index contributed by atoms with van der Waals surface area (Å²) in [6.45, 7) is 0. The quantitative estimate of drug-likeness (QED) is 0.172. The first-order valence-corrected chi connectivity index (χ1v) is 18.7. The minimum absolute atomic E-state index is 0.0619. The first-order valence-electron chi connectivity index (χ1n) is 17.8. The summed E-state index contributed by atoms with van der Waals surface area (Å²) >= 11 is 1.98. The highest BCUT2D eigenvalue weighted by atomic mass is 32.2. The Labute approximate surface area is 300 Å². The largest absolute Gasteiger partial charge is 0.484 e. The van der Waals surface area contributed by atoms with Crippen molar-refractivity contribution >= 4 is 39.3 Å². The van der Waals surface area contributed by atoms with Crippen LogP contribution in [0.1, 0.15) is 52.0 Å². The van der Waals surface area contributed by atoms with Gasteiger partial charge in [-0.25, -0.2) is 0 Å². The number of hydrogen-bond acceptors (Lipinski definition) is 6. The molecule has 0 amide bonds. The molecular formula is C45H35N3O2S. The summed E-state index contributed by atoms with van der Waals surface area (Å²) in [6, 6.07) is 41.0. The highest BCUT2D eigenvalue weighted by Gasteiger charge is 2.42. The molecule has 0 spiro atoms. The molecule has 5 nitrogen and oxygen atoms in total. The van der Waals surface area contributed by atoms with E-state index in [4.69, 9.17) is 9.15 Å². The highest BCUT2D eigenvalue weighted by molar-refractivity contribution is 8.00. The van der Waals surface area contributed by atoms with Gasteiger partial charge in [-0.2, -0.15) is 0 Å². The zero-order chi connectivity index (χ0) is 33.5. The predicted octanol–water partition coefficient (Wildman–Crippen LogP) is 9.64. The van der Waals surface area contributed by atoms with Crippen molar-refractivity contribution in [3.05, 3.63) is 185 Å². The van der Waals surface area contributed by atoms with E-state index in [1.165, 1.54) is 27.2 Å². The number of hydrogen-bond donors (Lipinski definition) is 3. The molecule has 1 saturated heterocycles. The first kappa shape index (κ1) is 29.6. The number of benzene rings is 5. The van der Waals surface area contributed by atoms with E-state index in [9.17, 15) is 0 Å². The summed E-state index contributed by atoms with van der Waals surface area (Å²) in [6.07, 6.45) is 13.1. The second kappa shape index (κ2) is 11.7. The number of thioether (sulfide) groups is 1. The molecule has 0 saturated carbocycles. The Kier molecular flexibility index (Phi) is 6.80. The first-order chi connectivity index (χ1) is 25.3. The lowest BCUT2D eigenvalue weighted by Crippen LogP contribution is -2.60. The van der Waals surface area contributed by atoms with Crippen LogP contribution in [0.25, 0.3) is 27.5 Å². The van der Waals surface area contributed by atoms with Crippen molar-refractivity contribution in [1.29, 1.82) is 0 Å². The maximum Gasteiger partial charge on any atom is 0.143 e. The van der Waals surface area contributed by atoms with Crippen LogP contribution in [-0.4, -0.2) is 17.5 Å². The van der Waals surface area contributed by atoms with Gasteiger partial charge in [0.1, 0.15) is 23.0 Å². The van der Waals surface area contributed by atoms with Gasteiger partial charge in [-0.3, -0.25) is 16.0 Å². The Hall–Kier alpha value is -5.11. The summed E-state index contributed by atoms with van der Waals surface area (Å²) in [5, 5.41) is 14.4. The molecular weight excluding hydrogens is 647 g/mol. The number of nitrogens with one attached hydrogen (secondary N) is 3. The Morgan fingerprint density at radius 3 is 2.18 bits per heavy atom. The van der Waals surface area contributed by atoms with Crippen molar-refractivity contribution in [3.63, 3.8) is 0 Å². The number of fused-ring (bicyclic) bond motifs is 9. The highest BCUT2D eigenvalue weighted by Crippen LogP contribution is 2.52. The standard InChI is InChI=1S/C45H35N3O2S/c1-2-12-26(13-3-1)43-46-44(48-45(47-43)36-23-11-21-34-28-15-5-7-25-38(28)51-42(34)36)35-22-10-20-33-32-19-9-18-31(40(32)50-41(33)35)30-17-8-16-29-27-14-4-6-24-37(27)49-39(29)30/h1-25,29,34,39,42-48H. The van der Waals surface area contributed by atoms with Gasteiger partial charge in [-0.05, 0) is 28.8 Å². The molecule has 2 aliphatic carbocycles. The van der Waals surface area contributed by atoms with Crippen molar-refractivity contribution in [1.82, 2.24) is 16.0 Å². The molecule has 4 heterocycles. The lowest BCUT2D eigenvalue weighted by Gasteiger charge is -2.42. The van der Waals surface area contributed by atoms with Crippen LogP contribution >= 0.6 is 11.8 Å². The number of rotatable bonds is 4. The molecule has 3 aliphatic heterocycles. The molecule has 51 heavy (non-hydrogen) atoms. The average molecular weight is 682 g/mol. The Bertz CT molecular complexity index is 2480. The molecule has 5 aromatic carbocycles. The van der Waals surface area contributed by atoms with E-state index in [2.05, 4.69) is 162 Å². The van der Waals surface area contributed by atoms with Gasteiger partial charge in [-0.1, -0.05) is 140 Å². The average Bonchev–Trinajstić information content (AvgIpc) is 3.89. The van der Waals surface area contributed by atoms with E-state index < -0.39 is 0 Å². The van der Waals surface area contributed by atoms with Gasteiger partial charge < -0.3 is 9.15 Å². The van der Waals surface area contributed by atoms with Crippen molar-refractivity contribution in [2.24, 2.45) is 0 Å². The minimum Gasteiger partial charge on any atom is -0.484 e. The second-order valence-corrected chi connectivity index (χ2v) is 15.2. The van der Waals surface area contributed by atoms with Gasteiger partial charge in [0.15, 0.2) is 0 Å². The molecule has 1 aromatic heterocycles. The Balaban J connectivity index is 0.994. The summed E-state index contributed by atoms with van der Waals surface area (Å²) in [5.41, 5.74) is 10.3. The summed E-state index contributed by atoms with van der Waals surface area (Å²) in [5.74, 6) is 1.50. The SMILES string of the molecule is C1=CC2c3ccccc3OC2C(c2cccc3c2oc2c(C4NC(C5=CC=CC6c7ccccc7SC56)NC(c5ccccc5)N4)cccc23)=C1. The molecule has 0 bridgehead atoms. The van der Waals surface area contributed by atoms with Gasteiger partial charge in [0.25, 0.3) is 0 Å². The van der Waals surface area contributed by atoms with Gasteiger partial charge in [0, 0.05) is 55.0 Å². The van der Waals surface area contributed by atoms with Gasteiger partial charge in [0.05, 0.1) is 18.5 Å². The molecule has 1 fully saturated rings. The Morgan fingerprint density at radius 1 is 0.549 bits per heavy atom. The molecule has 6 heteroatoms. The van der Waals surface area contributed by atoms with Crippen LogP contribution in [0.5, 0.6) is 5.75 Å². The van der Waals surface area contributed by atoms with Crippen LogP contribution in [0.3, 0.4) is 0 Å². The number of ether oxygens (including phenoxy) is 1. The molecule has 11 rings (SSSR count). The maximum atomic E-state index is 7.03. The normalized spacial score (nSPS) is 27.3. The number of para-hydroxylation sites is 3. The molecule has 6 aromatic rings. The molecule has 3 N–H and O–H groups in total. The van der Waals surface area contributed by atoms with Crippen molar-refractivity contribution in [2.75, 3.05) is 0 Å². The zero-order valence-corrected chi connectivity index (χ0v) is 28.5. The second-order valence-electron chi connectivity index (χ2n) is 14.0. The fourth-order valence-corrected chi connectivity index (χ4v) is 10.3. The van der Waals surface area contributed by atoms with E-state index in [1.54, 1.807) is 0 Å². The van der Waals surface area contributed by atoms with Crippen molar-refractivity contribution in [3.8, 4) is 5.75 Å². The van der Waals surface area contributed by atoms with Crippen LogP contribution in [-0.2, 0) is 0 Å². The topological polar surface area (TPSA) is 58.5 Å². The number of furan rings is 1. The third-order valence-electron chi connectivity index (χ3n) is 11.2. The minimum atomic E-state index is -0.179. The van der Waals surface area contributed by atoms with Crippen molar-refractivity contribution < 1.29 is 9.15 Å². The zero-order valence-electron chi connectivity index (χ0n) is 27.7. The van der Waals surface area contributed by atoms with E-state index in [0.717, 1.165) is 44.4 Å². The van der Waals surface area contributed by atoms with E-state index in [-0.39, 0.29) is 30.5 Å². The smallest absolute Gasteiger partial charge is 0.143 e. The van der Waals surface area contributed by atoms with E-state index in [1.807, 2.05) is 17.8 Å². The molecule has 7 atom stereocenters. The lowest BCUT2D eigenvalue weighted by molar-refractivity contribution is 0.219. The Morgan fingerprint density at radius 2 is 1.25 bits per heavy atom. The van der Waals surface area contributed by atoms with Crippen LogP contribution in [0.15, 0.2) is 167 Å². The van der Waals surface area contributed by atoms with Crippen LogP contribution < -0.4 is 20.7 Å². The summed E-state index contributed by atoms with van der Waals surface area (Å²) in [7, 11) is 0. The fourth-order valence-electron chi connectivity index (χ4n) is 8.82. The van der Waals surface area contributed by atoms with E-state index in [0.29, 0.717) is 11.2 Å². The predicted molar refractivity (Wildman–Crippen MR) is 206 cm³/mol.